The minimum Gasteiger partial charge on any atom is -0.338 e. The van der Waals surface area contributed by atoms with Crippen LogP contribution in [0.4, 0.5) is 4.79 Å². The number of nitrogens with one attached hydrogen (secondary N) is 2. The molecule has 1 heterocycles. The van der Waals surface area contributed by atoms with Crippen LogP contribution in [0.15, 0.2) is 65.8 Å². The number of carbonyl (C=O) groups is 2. The summed E-state index contributed by atoms with van der Waals surface area (Å²) in [6.45, 7) is 4.94. The molecular formula is C22H25N5O2S. The fourth-order valence-electron chi connectivity index (χ4n) is 3.02. The molecule has 0 spiro atoms. The molecule has 156 valence electrons. The molecule has 0 aliphatic rings. The molecule has 0 radical (unpaired) electrons. The van der Waals surface area contributed by atoms with Gasteiger partial charge in [0.25, 0.3) is 0 Å². The lowest BCUT2D eigenvalue weighted by Crippen LogP contribution is -2.41. The Balaban J connectivity index is 1.85. The van der Waals surface area contributed by atoms with Crippen molar-refractivity contribution < 1.29 is 9.59 Å². The second-order valence-corrected chi connectivity index (χ2v) is 7.63. The van der Waals surface area contributed by atoms with Crippen LogP contribution in [-0.4, -0.2) is 33.2 Å². The summed E-state index contributed by atoms with van der Waals surface area (Å²) in [5, 5.41) is 13.7. The Morgan fingerprint density at radius 2 is 1.67 bits per heavy atom. The van der Waals surface area contributed by atoms with Gasteiger partial charge in [0, 0.05) is 19.5 Å². The summed E-state index contributed by atoms with van der Waals surface area (Å²) in [6, 6.07) is 18.9. The van der Waals surface area contributed by atoms with E-state index in [0.29, 0.717) is 24.7 Å². The lowest BCUT2D eigenvalue weighted by molar-refractivity contribution is -0.119. The SMILES string of the molecule is CCNC(=O)NC(=O)[C@H](Sc1nnc(Cc2ccccc2)n1CC)c1ccccc1. The van der Waals surface area contributed by atoms with E-state index >= 15 is 0 Å². The molecule has 0 fully saturated rings. The van der Waals surface area contributed by atoms with Gasteiger partial charge < -0.3 is 9.88 Å². The first-order chi connectivity index (χ1) is 14.6. The van der Waals surface area contributed by atoms with Crippen molar-refractivity contribution >= 4 is 23.7 Å². The summed E-state index contributed by atoms with van der Waals surface area (Å²) in [6.07, 6.45) is 0.656. The summed E-state index contributed by atoms with van der Waals surface area (Å²) < 4.78 is 2.01. The van der Waals surface area contributed by atoms with Crippen LogP contribution < -0.4 is 10.6 Å². The predicted octanol–water partition coefficient (Wildman–Crippen LogP) is 3.57. The van der Waals surface area contributed by atoms with E-state index in [1.54, 1.807) is 6.92 Å². The first kappa shape index (κ1) is 21.6. The van der Waals surface area contributed by atoms with Crippen LogP contribution in [0.1, 0.15) is 36.0 Å². The highest BCUT2D eigenvalue weighted by molar-refractivity contribution is 8.00. The van der Waals surface area contributed by atoms with Gasteiger partial charge in [-0.05, 0) is 25.0 Å². The quantitative estimate of drug-likeness (QED) is 0.541. The van der Waals surface area contributed by atoms with Crippen LogP contribution in [0.3, 0.4) is 0 Å². The average Bonchev–Trinajstić information content (AvgIpc) is 3.14. The van der Waals surface area contributed by atoms with E-state index in [0.717, 1.165) is 17.0 Å². The third-order valence-corrected chi connectivity index (χ3v) is 5.69. The van der Waals surface area contributed by atoms with Crippen molar-refractivity contribution in [3.63, 3.8) is 0 Å². The summed E-state index contributed by atoms with van der Waals surface area (Å²) in [5.41, 5.74) is 1.93. The molecule has 30 heavy (non-hydrogen) atoms. The number of hydrogen-bond donors (Lipinski definition) is 2. The van der Waals surface area contributed by atoms with E-state index < -0.39 is 17.2 Å². The molecule has 1 aromatic heterocycles. The van der Waals surface area contributed by atoms with Crippen molar-refractivity contribution in [1.82, 2.24) is 25.4 Å². The lowest BCUT2D eigenvalue weighted by atomic mass is 10.1. The minimum absolute atomic E-state index is 0.396. The van der Waals surface area contributed by atoms with Gasteiger partial charge in [0.1, 0.15) is 11.1 Å². The van der Waals surface area contributed by atoms with Gasteiger partial charge in [-0.15, -0.1) is 10.2 Å². The number of nitrogens with zero attached hydrogens (tertiary/aromatic N) is 3. The zero-order chi connectivity index (χ0) is 21.3. The molecule has 8 heteroatoms. The molecule has 0 saturated carbocycles. The van der Waals surface area contributed by atoms with Crippen molar-refractivity contribution in [1.29, 1.82) is 0 Å². The van der Waals surface area contributed by atoms with Crippen molar-refractivity contribution in [2.75, 3.05) is 6.54 Å². The number of benzene rings is 2. The van der Waals surface area contributed by atoms with Gasteiger partial charge in [0.2, 0.25) is 5.91 Å². The summed E-state index contributed by atoms with van der Waals surface area (Å²) in [4.78, 5) is 24.8. The average molecular weight is 424 g/mol. The Bertz CT molecular complexity index is 976. The Morgan fingerprint density at radius 3 is 2.30 bits per heavy atom. The Morgan fingerprint density at radius 1 is 1.00 bits per heavy atom. The molecule has 3 rings (SSSR count). The van der Waals surface area contributed by atoms with Crippen LogP contribution in [0.2, 0.25) is 0 Å². The van der Waals surface area contributed by atoms with Crippen molar-refractivity contribution in [2.24, 2.45) is 0 Å². The van der Waals surface area contributed by atoms with Gasteiger partial charge in [-0.25, -0.2) is 4.79 Å². The highest BCUT2D eigenvalue weighted by Crippen LogP contribution is 2.35. The maximum absolute atomic E-state index is 12.9. The maximum atomic E-state index is 12.9. The number of carbonyl (C=O) groups excluding carboxylic acids is 2. The Labute approximate surface area is 180 Å². The molecule has 3 aromatic rings. The molecule has 0 aliphatic heterocycles. The third-order valence-electron chi connectivity index (χ3n) is 4.45. The molecule has 0 bridgehead atoms. The standard InChI is InChI=1S/C22H25N5O2S/c1-3-23-21(29)24-20(28)19(17-13-9-6-10-14-17)30-22-26-25-18(27(22)4-2)15-16-11-7-5-8-12-16/h5-14,19H,3-4,15H2,1-2H3,(H2,23,24,28,29)/t19-/m1/s1. The first-order valence-corrected chi connectivity index (χ1v) is 10.8. The fourth-order valence-corrected chi connectivity index (χ4v) is 4.14. The van der Waals surface area contributed by atoms with Crippen LogP contribution >= 0.6 is 11.8 Å². The van der Waals surface area contributed by atoms with Crippen LogP contribution in [0.5, 0.6) is 0 Å². The van der Waals surface area contributed by atoms with E-state index in [1.165, 1.54) is 11.8 Å². The normalized spacial score (nSPS) is 11.7. The van der Waals surface area contributed by atoms with Gasteiger partial charge in [-0.3, -0.25) is 10.1 Å². The van der Waals surface area contributed by atoms with Gasteiger partial charge in [0.15, 0.2) is 5.16 Å². The van der Waals surface area contributed by atoms with Gasteiger partial charge in [-0.1, -0.05) is 72.4 Å². The van der Waals surface area contributed by atoms with Crippen molar-refractivity contribution in [2.45, 2.75) is 37.2 Å². The Hall–Kier alpha value is -3.13. The number of rotatable bonds is 8. The molecule has 0 saturated heterocycles. The van der Waals surface area contributed by atoms with Gasteiger partial charge >= 0.3 is 6.03 Å². The number of amides is 3. The molecule has 7 nitrogen and oxygen atoms in total. The minimum atomic E-state index is -0.632. The van der Waals surface area contributed by atoms with E-state index in [9.17, 15) is 9.59 Å². The summed E-state index contributed by atoms with van der Waals surface area (Å²) in [5.74, 6) is 0.439. The predicted molar refractivity (Wildman–Crippen MR) is 117 cm³/mol. The largest absolute Gasteiger partial charge is 0.338 e. The smallest absolute Gasteiger partial charge is 0.321 e. The second kappa shape index (κ2) is 10.6. The van der Waals surface area contributed by atoms with Crippen molar-refractivity contribution in [3.05, 3.63) is 77.6 Å². The topological polar surface area (TPSA) is 88.9 Å². The highest BCUT2D eigenvalue weighted by Gasteiger charge is 2.26. The molecule has 0 aliphatic carbocycles. The molecule has 3 amide bonds. The third kappa shape index (κ3) is 5.48. The zero-order valence-electron chi connectivity index (χ0n) is 17.0. The molecule has 2 aromatic carbocycles. The monoisotopic (exact) mass is 423 g/mol. The molecule has 0 unspecified atom stereocenters. The Kier molecular flexibility index (Phi) is 7.62. The van der Waals surface area contributed by atoms with E-state index in [4.69, 9.17) is 0 Å². The fraction of sp³-hybridized carbons (Fsp3) is 0.273. The van der Waals surface area contributed by atoms with Crippen LogP contribution in [-0.2, 0) is 17.8 Å². The van der Waals surface area contributed by atoms with E-state index in [-0.39, 0.29) is 0 Å². The maximum Gasteiger partial charge on any atom is 0.321 e. The molecule has 2 N–H and O–H groups in total. The van der Waals surface area contributed by atoms with Crippen molar-refractivity contribution in [3.8, 4) is 0 Å². The zero-order valence-corrected chi connectivity index (χ0v) is 17.9. The highest BCUT2D eigenvalue weighted by atomic mass is 32.2. The summed E-state index contributed by atoms with van der Waals surface area (Å²) in [7, 11) is 0. The molecule has 1 atom stereocenters. The van der Waals surface area contributed by atoms with Gasteiger partial charge in [0.05, 0.1) is 0 Å². The number of imide groups is 1. The number of thioether (sulfide) groups is 1. The second-order valence-electron chi connectivity index (χ2n) is 6.56. The number of hydrogen-bond acceptors (Lipinski definition) is 5. The number of urea groups is 1. The van der Waals surface area contributed by atoms with E-state index in [1.807, 2.05) is 72.2 Å². The van der Waals surface area contributed by atoms with E-state index in [2.05, 4.69) is 20.8 Å². The molecular weight excluding hydrogens is 398 g/mol. The first-order valence-electron chi connectivity index (χ1n) is 9.88. The summed E-state index contributed by atoms with van der Waals surface area (Å²) >= 11 is 1.29. The van der Waals surface area contributed by atoms with Gasteiger partial charge in [-0.2, -0.15) is 0 Å². The van der Waals surface area contributed by atoms with Crippen LogP contribution in [0, 0.1) is 0 Å². The number of aromatic nitrogens is 3. The lowest BCUT2D eigenvalue weighted by Gasteiger charge is -2.16. The van der Waals surface area contributed by atoms with Crippen LogP contribution in [0.25, 0.3) is 0 Å².